The third kappa shape index (κ3) is 10.2. The summed E-state index contributed by atoms with van der Waals surface area (Å²) < 4.78 is 33.8. The first-order valence-corrected chi connectivity index (χ1v) is 21.3. The van der Waals surface area contributed by atoms with Crippen LogP contribution in [0.15, 0.2) is 152 Å². The molecule has 0 radical (unpaired) electrons. The van der Waals surface area contributed by atoms with Crippen LogP contribution >= 0.6 is 0 Å². The Labute approximate surface area is 377 Å². The molecule has 0 saturated carbocycles. The van der Waals surface area contributed by atoms with E-state index in [0.717, 1.165) is 71.8 Å². The van der Waals surface area contributed by atoms with E-state index in [0.29, 0.717) is 11.3 Å². The van der Waals surface area contributed by atoms with Crippen molar-refractivity contribution < 1.29 is 42.8 Å². The Morgan fingerprint density at radius 1 is 0.338 bits per heavy atom. The number of benzene rings is 8. The van der Waals surface area contributed by atoms with Gasteiger partial charge in [0, 0.05) is 6.07 Å². The number of hydrogen-bond acceptors (Lipinski definition) is 9. The van der Waals surface area contributed by atoms with Crippen molar-refractivity contribution in [3.05, 3.63) is 179 Å². The monoisotopic (exact) mass is 864 g/mol. The molecule has 0 saturated heterocycles. The molecule has 0 spiro atoms. The third-order valence-electron chi connectivity index (χ3n) is 11.7. The predicted molar refractivity (Wildman–Crippen MR) is 255 cm³/mol. The zero-order valence-corrected chi connectivity index (χ0v) is 37.0. The minimum Gasteiger partial charge on any atom is -0.497 e. The van der Waals surface area contributed by atoms with Gasteiger partial charge in [-0.1, -0.05) is 97.1 Å². The van der Waals surface area contributed by atoms with E-state index in [2.05, 4.69) is 0 Å². The molecule has 65 heavy (non-hydrogen) atoms. The molecule has 9 heteroatoms. The van der Waals surface area contributed by atoms with Gasteiger partial charge in [0.25, 0.3) is 0 Å². The van der Waals surface area contributed by atoms with E-state index in [1.807, 2.05) is 140 Å². The molecule has 3 atom stereocenters. The zero-order chi connectivity index (χ0) is 45.6. The molecule has 8 aromatic carbocycles. The molecular weight excluding hydrogens is 817 g/mol. The molecule has 8 aromatic rings. The van der Waals surface area contributed by atoms with E-state index in [1.165, 1.54) is 0 Å². The van der Waals surface area contributed by atoms with Gasteiger partial charge in [0.2, 0.25) is 0 Å². The van der Waals surface area contributed by atoms with Gasteiger partial charge in [-0.3, -0.25) is 14.4 Å². The van der Waals surface area contributed by atoms with Crippen LogP contribution < -0.4 is 28.4 Å². The number of carbonyl (C=O) groups is 3. The summed E-state index contributed by atoms with van der Waals surface area (Å²) in [5, 5.41) is 5.93. The molecule has 0 aliphatic heterocycles. The van der Waals surface area contributed by atoms with Crippen molar-refractivity contribution in [2.45, 2.75) is 38.5 Å². The molecule has 0 aliphatic rings. The SMILES string of the molecule is COc1ccc2cc(C(C)C(=O)Oc3ccc(/C=C/c4cc(OC(=O)C(C)c5ccc6cc(OC)ccc6c5)cc(OC(=O)C(C)c5ccc6cc(OC)ccc6c5)c4)cc3)ccc2c1. The van der Waals surface area contributed by atoms with Crippen LogP contribution in [-0.2, 0) is 14.4 Å². The second-order valence-corrected chi connectivity index (χ2v) is 16.0. The highest BCUT2D eigenvalue weighted by molar-refractivity contribution is 5.90. The molecule has 0 aromatic heterocycles. The summed E-state index contributed by atoms with van der Waals surface area (Å²) >= 11 is 0. The molecule has 3 unspecified atom stereocenters. The highest BCUT2D eigenvalue weighted by atomic mass is 16.5. The smallest absolute Gasteiger partial charge is 0.318 e. The van der Waals surface area contributed by atoms with E-state index in [9.17, 15) is 14.4 Å². The second kappa shape index (κ2) is 19.2. The summed E-state index contributed by atoms with van der Waals surface area (Å²) in [5.41, 5.74) is 3.86. The fourth-order valence-corrected chi connectivity index (χ4v) is 7.58. The number of hydrogen-bond donors (Lipinski definition) is 0. The lowest BCUT2D eigenvalue weighted by molar-refractivity contribution is -0.136. The van der Waals surface area contributed by atoms with Gasteiger partial charge in [0.05, 0.1) is 39.1 Å². The van der Waals surface area contributed by atoms with Crippen molar-refractivity contribution in [3.8, 4) is 34.5 Å². The maximum absolute atomic E-state index is 13.7. The quantitative estimate of drug-likeness (QED) is 0.0600. The Kier molecular flexibility index (Phi) is 12.9. The maximum atomic E-state index is 13.7. The molecule has 0 fully saturated rings. The summed E-state index contributed by atoms with van der Waals surface area (Å²) in [6, 6.07) is 47.0. The molecule has 9 nitrogen and oxygen atoms in total. The van der Waals surface area contributed by atoms with Crippen LogP contribution in [0.3, 0.4) is 0 Å². The molecule has 0 bridgehead atoms. The number of esters is 3. The van der Waals surface area contributed by atoms with Crippen LogP contribution in [0.25, 0.3) is 44.5 Å². The van der Waals surface area contributed by atoms with Gasteiger partial charge in [-0.15, -0.1) is 0 Å². The maximum Gasteiger partial charge on any atom is 0.318 e. The van der Waals surface area contributed by atoms with E-state index in [1.54, 1.807) is 65.5 Å². The Morgan fingerprint density at radius 3 is 1.02 bits per heavy atom. The van der Waals surface area contributed by atoms with E-state index < -0.39 is 29.7 Å². The Bertz CT molecular complexity index is 2970. The minimum absolute atomic E-state index is 0.215. The van der Waals surface area contributed by atoms with Crippen molar-refractivity contribution in [2.24, 2.45) is 0 Å². The van der Waals surface area contributed by atoms with Crippen LogP contribution in [0.5, 0.6) is 34.5 Å². The van der Waals surface area contributed by atoms with Crippen molar-refractivity contribution in [2.75, 3.05) is 21.3 Å². The van der Waals surface area contributed by atoms with Crippen LogP contribution in [-0.4, -0.2) is 39.2 Å². The highest BCUT2D eigenvalue weighted by Crippen LogP contribution is 2.32. The standard InChI is InChI=1S/C56H48O9/c1-34(39-11-14-45-30-49(60-4)22-17-42(45)27-39)54(57)63-48-20-9-37(10-21-48)7-8-38-25-52(64-55(58)35(2)40-12-15-46-31-50(61-5)23-18-43(46)28-40)33-53(26-38)65-56(59)36(3)41-13-16-47-32-51(62-6)24-19-44(47)29-41/h7-36H,1-6H3/b8-7+. The topological polar surface area (TPSA) is 107 Å². The summed E-state index contributed by atoms with van der Waals surface area (Å²) in [6.45, 7) is 5.41. The molecule has 0 N–H and O–H groups in total. The number of methoxy groups -OCH3 is 3. The normalized spacial score (nSPS) is 12.7. The van der Waals surface area contributed by atoms with Crippen LogP contribution in [0.1, 0.15) is 66.3 Å². The predicted octanol–water partition coefficient (Wildman–Crippen LogP) is 12.5. The van der Waals surface area contributed by atoms with Crippen LogP contribution in [0.2, 0.25) is 0 Å². The first-order chi connectivity index (χ1) is 31.5. The molecule has 0 aliphatic carbocycles. The first kappa shape index (κ1) is 43.7. The largest absolute Gasteiger partial charge is 0.497 e. The highest BCUT2D eigenvalue weighted by Gasteiger charge is 2.22. The minimum atomic E-state index is -0.604. The van der Waals surface area contributed by atoms with Gasteiger partial charge in [-0.25, -0.2) is 0 Å². The third-order valence-corrected chi connectivity index (χ3v) is 11.7. The number of carbonyl (C=O) groups excluding carboxylic acids is 3. The van der Waals surface area contributed by atoms with Crippen LogP contribution in [0.4, 0.5) is 0 Å². The molecule has 0 amide bonds. The summed E-state index contributed by atoms with van der Waals surface area (Å²) in [5.74, 6) is 0.0840. The van der Waals surface area contributed by atoms with Gasteiger partial charge in [0.1, 0.15) is 34.5 Å². The zero-order valence-electron chi connectivity index (χ0n) is 37.0. The Hall–Kier alpha value is -7.91. The number of ether oxygens (including phenoxy) is 6. The molecule has 326 valence electrons. The van der Waals surface area contributed by atoms with E-state index in [-0.39, 0.29) is 17.5 Å². The number of rotatable bonds is 14. The number of fused-ring (bicyclic) bond motifs is 3. The molecule has 8 rings (SSSR count). The summed E-state index contributed by atoms with van der Waals surface area (Å²) in [4.78, 5) is 40.6. The van der Waals surface area contributed by atoms with E-state index in [4.69, 9.17) is 28.4 Å². The first-order valence-electron chi connectivity index (χ1n) is 21.3. The molecule has 0 heterocycles. The average Bonchev–Trinajstić information content (AvgIpc) is 3.34. The lowest BCUT2D eigenvalue weighted by atomic mass is 9.97. The van der Waals surface area contributed by atoms with Gasteiger partial charge in [-0.05, 0) is 142 Å². The Morgan fingerprint density at radius 2 is 0.646 bits per heavy atom. The van der Waals surface area contributed by atoms with Gasteiger partial charge in [0.15, 0.2) is 0 Å². The fraction of sp³-hybridized carbons (Fsp3) is 0.161. The average molecular weight is 865 g/mol. The van der Waals surface area contributed by atoms with Crippen molar-refractivity contribution in [3.63, 3.8) is 0 Å². The lowest BCUT2D eigenvalue weighted by Crippen LogP contribution is -2.17. The van der Waals surface area contributed by atoms with Gasteiger partial charge in [-0.2, -0.15) is 0 Å². The van der Waals surface area contributed by atoms with Crippen molar-refractivity contribution in [1.29, 1.82) is 0 Å². The van der Waals surface area contributed by atoms with E-state index >= 15 is 0 Å². The lowest BCUT2D eigenvalue weighted by Gasteiger charge is -2.16. The fourth-order valence-electron chi connectivity index (χ4n) is 7.58. The summed E-state index contributed by atoms with van der Waals surface area (Å²) in [7, 11) is 4.88. The summed E-state index contributed by atoms with van der Waals surface area (Å²) in [6.07, 6.45) is 3.69. The van der Waals surface area contributed by atoms with Crippen molar-refractivity contribution >= 4 is 62.4 Å². The van der Waals surface area contributed by atoms with Crippen molar-refractivity contribution in [1.82, 2.24) is 0 Å². The Balaban J connectivity index is 0.997. The van der Waals surface area contributed by atoms with Gasteiger partial charge < -0.3 is 28.4 Å². The second-order valence-electron chi connectivity index (χ2n) is 16.0. The molecular formula is C56H48O9. The van der Waals surface area contributed by atoms with Crippen LogP contribution in [0, 0.1) is 0 Å². The van der Waals surface area contributed by atoms with Gasteiger partial charge >= 0.3 is 17.9 Å².